The third kappa shape index (κ3) is 4.61. The minimum absolute atomic E-state index is 0.0750. The highest BCUT2D eigenvalue weighted by Gasteiger charge is 2.25. The predicted octanol–water partition coefficient (Wildman–Crippen LogP) is 2.89. The summed E-state index contributed by atoms with van der Waals surface area (Å²) in [5.74, 6) is -0.669. The van der Waals surface area contributed by atoms with E-state index in [1.54, 1.807) is 13.8 Å². The summed E-state index contributed by atoms with van der Waals surface area (Å²) >= 11 is 1.26. The van der Waals surface area contributed by atoms with Gasteiger partial charge in [0.2, 0.25) is 5.44 Å². The molecule has 0 heterocycles. The molecule has 0 fully saturated rings. The summed E-state index contributed by atoms with van der Waals surface area (Å²) in [6, 6.07) is 9.43. The third-order valence-corrected chi connectivity index (χ3v) is 3.15. The highest BCUT2D eigenvalue weighted by Crippen LogP contribution is 2.26. The van der Waals surface area contributed by atoms with Crippen LogP contribution < -0.4 is 0 Å². The molecule has 1 atom stereocenters. The maximum atomic E-state index is 11.9. The molecule has 0 aliphatic carbocycles. The zero-order valence-corrected chi connectivity index (χ0v) is 11.0. The number of benzene rings is 1. The van der Waals surface area contributed by atoms with E-state index >= 15 is 0 Å². The van der Waals surface area contributed by atoms with Gasteiger partial charge in [-0.3, -0.25) is 9.59 Å². The van der Waals surface area contributed by atoms with Crippen molar-refractivity contribution >= 4 is 23.5 Å². The van der Waals surface area contributed by atoms with E-state index in [1.807, 2.05) is 30.3 Å². The van der Waals surface area contributed by atoms with Crippen LogP contribution in [0.1, 0.15) is 20.8 Å². The zero-order chi connectivity index (χ0) is 12.8. The van der Waals surface area contributed by atoms with Crippen molar-refractivity contribution < 1.29 is 14.3 Å². The molecule has 4 heteroatoms. The fraction of sp³-hybridized carbons (Fsp3) is 0.385. The van der Waals surface area contributed by atoms with Crippen LogP contribution in [0.25, 0.3) is 0 Å². The molecule has 0 saturated carbocycles. The Hall–Kier alpha value is -1.29. The number of ketones is 1. The fourth-order valence-electron chi connectivity index (χ4n) is 1.19. The summed E-state index contributed by atoms with van der Waals surface area (Å²) in [5, 5.41) is 0. The highest BCUT2D eigenvalue weighted by atomic mass is 32.2. The molecule has 0 radical (unpaired) electrons. The van der Waals surface area contributed by atoms with Crippen molar-refractivity contribution in [2.75, 3.05) is 0 Å². The van der Waals surface area contributed by atoms with Gasteiger partial charge in [0.05, 0.1) is 0 Å². The first kappa shape index (κ1) is 13.8. The smallest absolute Gasteiger partial charge is 0.304 e. The van der Waals surface area contributed by atoms with Gasteiger partial charge in [-0.25, -0.2) is 0 Å². The molecule has 0 aromatic heterocycles. The quantitative estimate of drug-likeness (QED) is 0.459. The van der Waals surface area contributed by atoms with E-state index in [2.05, 4.69) is 0 Å². The molecular weight excluding hydrogens is 236 g/mol. The Balaban J connectivity index is 2.77. The van der Waals surface area contributed by atoms with Crippen LogP contribution in [-0.2, 0) is 14.3 Å². The molecule has 0 bridgehead atoms. The lowest BCUT2D eigenvalue weighted by Gasteiger charge is -2.17. The number of thioether (sulfide) groups is 1. The van der Waals surface area contributed by atoms with Crippen LogP contribution in [0.5, 0.6) is 0 Å². The van der Waals surface area contributed by atoms with Crippen LogP contribution in [0.3, 0.4) is 0 Å². The van der Waals surface area contributed by atoms with Gasteiger partial charge in [0, 0.05) is 17.7 Å². The number of carbonyl (C=O) groups is 2. The van der Waals surface area contributed by atoms with Crippen molar-refractivity contribution in [2.45, 2.75) is 31.1 Å². The van der Waals surface area contributed by atoms with Crippen LogP contribution in [-0.4, -0.2) is 17.2 Å². The minimum atomic E-state index is -0.755. The molecule has 1 rings (SSSR count). The topological polar surface area (TPSA) is 43.4 Å². The van der Waals surface area contributed by atoms with E-state index in [0.717, 1.165) is 4.90 Å². The molecule has 1 unspecified atom stereocenters. The molecule has 0 aliphatic heterocycles. The number of hydrogen-bond donors (Lipinski definition) is 0. The second-order valence-corrected chi connectivity index (χ2v) is 5.06. The van der Waals surface area contributed by atoms with Crippen molar-refractivity contribution in [1.29, 1.82) is 0 Å². The Morgan fingerprint density at radius 1 is 1.18 bits per heavy atom. The summed E-state index contributed by atoms with van der Waals surface area (Å²) in [7, 11) is 0. The fourth-order valence-corrected chi connectivity index (χ4v) is 2.32. The van der Waals surface area contributed by atoms with Gasteiger partial charge in [-0.15, -0.1) is 0 Å². The van der Waals surface area contributed by atoms with Crippen LogP contribution in [0.15, 0.2) is 35.2 Å². The summed E-state index contributed by atoms with van der Waals surface area (Å²) in [6.07, 6.45) is 0. The second-order valence-electron chi connectivity index (χ2n) is 3.93. The van der Waals surface area contributed by atoms with Gasteiger partial charge in [0.25, 0.3) is 0 Å². The first-order chi connectivity index (χ1) is 8.00. The molecule has 0 aliphatic rings. The Bertz CT molecular complexity index is 387. The van der Waals surface area contributed by atoms with Gasteiger partial charge in [0.15, 0.2) is 5.78 Å². The predicted molar refractivity (Wildman–Crippen MR) is 67.7 cm³/mol. The molecule has 0 amide bonds. The van der Waals surface area contributed by atoms with Gasteiger partial charge in [-0.2, -0.15) is 0 Å². The number of Topliss-reactive ketones (excluding diaryl/α,β-unsaturated/α-hetero) is 1. The second kappa shape index (κ2) is 6.45. The lowest BCUT2D eigenvalue weighted by atomic mass is 10.1. The van der Waals surface area contributed by atoms with E-state index in [1.165, 1.54) is 18.7 Å². The first-order valence-electron chi connectivity index (χ1n) is 5.43. The van der Waals surface area contributed by atoms with Crippen molar-refractivity contribution in [1.82, 2.24) is 0 Å². The normalized spacial score (nSPS) is 12.2. The largest absolute Gasteiger partial charge is 0.443 e. The van der Waals surface area contributed by atoms with E-state index in [9.17, 15) is 9.59 Å². The number of esters is 1. The van der Waals surface area contributed by atoms with E-state index < -0.39 is 11.4 Å². The van der Waals surface area contributed by atoms with Gasteiger partial charge in [0.1, 0.15) is 0 Å². The van der Waals surface area contributed by atoms with Crippen LogP contribution in [0.4, 0.5) is 0 Å². The van der Waals surface area contributed by atoms with E-state index in [0.29, 0.717) is 0 Å². The van der Waals surface area contributed by atoms with Crippen molar-refractivity contribution in [3.05, 3.63) is 30.3 Å². The Labute approximate surface area is 106 Å². The van der Waals surface area contributed by atoms with Crippen LogP contribution in [0.2, 0.25) is 0 Å². The summed E-state index contributed by atoms with van der Waals surface area (Å²) in [4.78, 5) is 23.8. The van der Waals surface area contributed by atoms with E-state index in [4.69, 9.17) is 4.74 Å². The van der Waals surface area contributed by atoms with Crippen molar-refractivity contribution in [3.63, 3.8) is 0 Å². The number of carbonyl (C=O) groups excluding carboxylic acids is 2. The molecule has 0 N–H and O–H groups in total. The molecule has 0 spiro atoms. The molecular formula is C13H16O3S. The summed E-state index contributed by atoms with van der Waals surface area (Å²) in [6.45, 7) is 4.90. The van der Waals surface area contributed by atoms with Crippen LogP contribution in [0, 0.1) is 5.92 Å². The minimum Gasteiger partial charge on any atom is -0.443 e. The van der Waals surface area contributed by atoms with Crippen molar-refractivity contribution in [3.8, 4) is 0 Å². The SMILES string of the molecule is CC(=O)OC(Sc1ccccc1)C(=O)C(C)C. The standard InChI is InChI=1S/C13H16O3S/c1-9(2)12(15)13(16-10(3)14)17-11-7-5-4-6-8-11/h4-9,13H,1-3H3. The van der Waals surface area contributed by atoms with Gasteiger partial charge >= 0.3 is 5.97 Å². The molecule has 3 nitrogen and oxygen atoms in total. The number of rotatable bonds is 5. The molecule has 0 saturated heterocycles. The monoisotopic (exact) mass is 252 g/mol. The summed E-state index contributed by atoms with van der Waals surface area (Å²) < 4.78 is 5.05. The van der Waals surface area contributed by atoms with Crippen LogP contribution >= 0.6 is 11.8 Å². The first-order valence-corrected chi connectivity index (χ1v) is 6.31. The zero-order valence-electron chi connectivity index (χ0n) is 10.2. The number of hydrogen-bond acceptors (Lipinski definition) is 4. The van der Waals surface area contributed by atoms with E-state index in [-0.39, 0.29) is 11.7 Å². The van der Waals surface area contributed by atoms with Crippen molar-refractivity contribution in [2.24, 2.45) is 5.92 Å². The van der Waals surface area contributed by atoms with Gasteiger partial charge < -0.3 is 4.74 Å². The Kier molecular flexibility index (Phi) is 5.22. The van der Waals surface area contributed by atoms with Gasteiger partial charge in [-0.1, -0.05) is 43.8 Å². The molecule has 92 valence electrons. The lowest BCUT2D eigenvalue weighted by molar-refractivity contribution is -0.148. The molecule has 17 heavy (non-hydrogen) atoms. The number of ether oxygens (including phenoxy) is 1. The lowest BCUT2D eigenvalue weighted by Crippen LogP contribution is -2.26. The molecule has 1 aromatic carbocycles. The molecule has 1 aromatic rings. The third-order valence-electron chi connectivity index (χ3n) is 2.06. The van der Waals surface area contributed by atoms with Gasteiger partial charge in [-0.05, 0) is 12.1 Å². The Morgan fingerprint density at radius 2 is 1.76 bits per heavy atom. The maximum Gasteiger partial charge on any atom is 0.304 e. The average Bonchev–Trinajstić information content (AvgIpc) is 2.28. The maximum absolute atomic E-state index is 11.9. The highest BCUT2D eigenvalue weighted by molar-refractivity contribution is 8.00. The summed E-state index contributed by atoms with van der Waals surface area (Å²) in [5.41, 5.74) is -0.755. The Morgan fingerprint density at radius 3 is 2.24 bits per heavy atom. The average molecular weight is 252 g/mol.